The Bertz CT molecular complexity index is 599. The zero-order chi connectivity index (χ0) is 15.2. The molecule has 0 fully saturated rings. The van der Waals surface area contributed by atoms with Gasteiger partial charge in [0.25, 0.3) is 0 Å². The molecule has 0 spiro atoms. The maximum atomic E-state index is 6.00. The first-order valence-corrected chi connectivity index (χ1v) is 7.57. The van der Waals surface area contributed by atoms with Crippen LogP contribution in [0.3, 0.4) is 0 Å². The fourth-order valence-corrected chi connectivity index (χ4v) is 2.14. The monoisotopic (exact) mass is 304 g/mol. The van der Waals surface area contributed by atoms with Crippen LogP contribution < -0.4 is 10.6 Å². The van der Waals surface area contributed by atoms with E-state index in [0.29, 0.717) is 6.54 Å². The molecule has 112 valence electrons. The molecule has 0 bridgehead atoms. The number of hydrogen-bond acceptors (Lipinski definition) is 4. The van der Waals surface area contributed by atoms with Crippen LogP contribution in [-0.4, -0.2) is 16.5 Å². The highest BCUT2D eigenvalue weighted by Gasteiger charge is 2.07. The lowest BCUT2D eigenvalue weighted by molar-refractivity contribution is 0.775. The van der Waals surface area contributed by atoms with Crippen molar-refractivity contribution >= 4 is 23.2 Å². The fourth-order valence-electron chi connectivity index (χ4n) is 1.93. The quantitative estimate of drug-likeness (QED) is 0.835. The third-order valence-corrected chi connectivity index (χ3v) is 3.22. The minimum Gasteiger partial charge on any atom is -0.370 e. The summed E-state index contributed by atoms with van der Waals surface area (Å²) in [5, 5.41) is 7.31. The predicted octanol–water partition coefficient (Wildman–Crippen LogP) is 4.30. The SMILES string of the molecule is CCNc1cc(NCc2cccc(Cl)c2)nc(C(C)C)n1. The van der Waals surface area contributed by atoms with E-state index >= 15 is 0 Å². The van der Waals surface area contributed by atoms with Gasteiger partial charge in [0.05, 0.1) is 0 Å². The molecule has 0 amide bonds. The standard InChI is InChI=1S/C16H21ClN4/c1-4-18-14-9-15(21-16(20-14)11(2)3)19-10-12-6-5-7-13(17)8-12/h5-9,11H,4,10H2,1-3H3,(H2,18,19,20,21). The highest BCUT2D eigenvalue weighted by molar-refractivity contribution is 6.30. The molecule has 0 saturated heterocycles. The molecule has 2 aromatic rings. The highest BCUT2D eigenvalue weighted by Crippen LogP contribution is 2.18. The normalized spacial score (nSPS) is 10.7. The van der Waals surface area contributed by atoms with Crippen LogP contribution in [0.15, 0.2) is 30.3 Å². The number of halogens is 1. The number of benzene rings is 1. The van der Waals surface area contributed by atoms with Crippen LogP contribution in [0.4, 0.5) is 11.6 Å². The van der Waals surface area contributed by atoms with Crippen molar-refractivity contribution < 1.29 is 0 Å². The maximum absolute atomic E-state index is 6.00. The van der Waals surface area contributed by atoms with Gasteiger partial charge in [0.1, 0.15) is 17.5 Å². The molecule has 0 saturated carbocycles. The van der Waals surface area contributed by atoms with Gasteiger partial charge in [-0.15, -0.1) is 0 Å². The Kier molecular flexibility index (Phi) is 5.39. The molecule has 0 aliphatic heterocycles. The smallest absolute Gasteiger partial charge is 0.135 e. The summed E-state index contributed by atoms with van der Waals surface area (Å²) in [6, 6.07) is 9.73. The molecule has 2 rings (SSSR count). The van der Waals surface area contributed by atoms with Crippen molar-refractivity contribution in [3.05, 3.63) is 46.7 Å². The van der Waals surface area contributed by atoms with Crippen molar-refractivity contribution in [1.29, 1.82) is 0 Å². The molecule has 1 aromatic carbocycles. The summed E-state index contributed by atoms with van der Waals surface area (Å²) in [6.07, 6.45) is 0. The van der Waals surface area contributed by atoms with E-state index in [4.69, 9.17) is 11.6 Å². The average Bonchev–Trinajstić information content (AvgIpc) is 2.45. The lowest BCUT2D eigenvalue weighted by Crippen LogP contribution is -2.09. The van der Waals surface area contributed by atoms with Crippen LogP contribution in [0, 0.1) is 0 Å². The van der Waals surface area contributed by atoms with Crippen molar-refractivity contribution in [3.63, 3.8) is 0 Å². The van der Waals surface area contributed by atoms with Gasteiger partial charge in [-0.1, -0.05) is 37.6 Å². The van der Waals surface area contributed by atoms with Crippen molar-refractivity contribution in [2.24, 2.45) is 0 Å². The van der Waals surface area contributed by atoms with Crippen LogP contribution in [0.2, 0.25) is 5.02 Å². The number of rotatable bonds is 6. The Morgan fingerprint density at radius 2 is 1.81 bits per heavy atom. The Morgan fingerprint density at radius 3 is 2.43 bits per heavy atom. The van der Waals surface area contributed by atoms with Crippen molar-refractivity contribution in [3.8, 4) is 0 Å². The molecular weight excluding hydrogens is 284 g/mol. The summed E-state index contributed by atoms with van der Waals surface area (Å²) in [5.74, 6) is 2.80. The topological polar surface area (TPSA) is 49.8 Å². The summed E-state index contributed by atoms with van der Waals surface area (Å²) < 4.78 is 0. The molecule has 5 heteroatoms. The molecule has 2 N–H and O–H groups in total. The van der Waals surface area contributed by atoms with Gasteiger partial charge in [-0.3, -0.25) is 0 Å². The van der Waals surface area contributed by atoms with Gasteiger partial charge in [-0.2, -0.15) is 0 Å². The Morgan fingerprint density at radius 1 is 1.10 bits per heavy atom. The van der Waals surface area contributed by atoms with Gasteiger partial charge < -0.3 is 10.6 Å². The second kappa shape index (κ2) is 7.27. The minimum atomic E-state index is 0.287. The van der Waals surface area contributed by atoms with Crippen molar-refractivity contribution in [2.75, 3.05) is 17.2 Å². The summed E-state index contributed by atoms with van der Waals surface area (Å²) in [6.45, 7) is 7.75. The molecule has 0 aliphatic rings. The number of aromatic nitrogens is 2. The van der Waals surface area contributed by atoms with Gasteiger partial charge in [-0.05, 0) is 24.6 Å². The van der Waals surface area contributed by atoms with E-state index in [2.05, 4.69) is 41.4 Å². The molecule has 1 aromatic heterocycles. The molecule has 0 atom stereocenters. The highest BCUT2D eigenvalue weighted by atomic mass is 35.5. The van der Waals surface area contributed by atoms with Gasteiger partial charge >= 0.3 is 0 Å². The average molecular weight is 305 g/mol. The fraction of sp³-hybridized carbons (Fsp3) is 0.375. The molecule has 0 unspecified atom stereocenters. The van der Waals surface area contributed by atoms with Gasteiger partial charge in [0.2, 0.25) is 0 Å². The molecule has 21 heavy (non-hydrogen) atoms. The maximum Gasteiger partial charge on any atom is 0.135 e. The van der Waals surface area contributed by atoms with Crippen LogP contribution in [-0.2, 0) is 6.54 Å². The van der Waals surface area contributed by atoms with E-state index in [1.54, 1.807) is 0 Å². The second-order valence-electron chi connectivity index (χ2n) is 5.17. The molecular formula is C16H21ClN4. The lowest BCUT2D eigenvalue weighted by atomic mass is 10.2. The van der Waals surface area contributed by atoms with Gasteiger partial charge in [-0.25, -0.2) is 9.97 Å². The summed E-state index contributed by atoms with van der Waals surface area (Å²) in [7, 11) is 0. The van der Waals surface area contributed by atoms with Crippen molar-refractivity contribution in [1.82, 2.24) is 9.97 Å². The van der Waals surface area contributed by atoms with Crippen LogP contribution >= 0.6 is 11.6 Å². The van der Waals surface area contributed by atoms with Crippen LogP contribution in [0.25, 0.3) is 0 Å². The molecule has 1 heterocycles. The zero-order valence-corrected chi connectivity index (χ0v) is 13.4. The Labute approximate surface area is 131 Å². The predicted molar refractivity (Wildman–Crippen MR) is 89.1 cm³/mol. The van der Waals surface area contributed by atoms with E-state index in [0.717, 1.165) is 34.6 Å². The lowest BCUT2D eigenvalue weighted by Gasteiger charge is -2.12. The molecule has 4 nitrogen and oxygen atoms in total. The van der Waals surface area contributed by atoms with Crippen LogP contribution in [0.1, 0.15) is 38.1 Å². The van der Waals surface area contributed by atoms with E-state index in [1.165, 1.54) is 0 Å². The first-order chi connectivity index (χ1) is 10.1. The Hall–Kier alpha value is -1.81. The Balaban J connectivity index is 2.14. The van der Waals surface area contributed by atoms with Gasteiger partial charge in [0, 0.05) is 30.1 Å². The number of nitrogens with one attached hydrogen (secondary N) is 2. The summed E-state index contributed by atoms with van der Waals surface area (Å²) >= 11 is 6.00. The number of nitrogens with zero attached hydrogens (tertiary/aromatic N) is 2. The number of anilines is 2. The van der Waals surface area contributed by atoms with E-state index in [-0.39, 0.29) is 5.92 Å². The first kappa shape index (κ1) is 15.6. The van der Waals surface area contributed by atoms with E-state index in [1.807, 2.05) is 30.3 Å². The van der Waals surface area contributed by atoms with Crippen LogP contribution in [0.5, 0.6) is 0 Å². The van der Waals surface area contributed by atoms with Gasteiger partial charge in [0.15, 0.2) is 0 Å². The third-order valence-electron chi connectivity index (χ3n) is 2.98. The third kappa shape index (κ3) is 4.60. The van der Waals surface area contributed by atoms with Crippen molar-refractivity contribution in [2.45, 2.75) is 33.2 Å². The first-order valence-electron chi connectivity index (χ1n) is 7.19. The minimum absolute atomic E-state index is 0.287. The summed E-state index contributed by atoms with van der Waals surface area (Å²) in [4.78, 5) is 9.07. The number of hydrogen-bond donors (Lipinski definition) is 2. The molecule has 0 radical (unpaired) electrons. The molecule has 0 aliphatic carbocycles. The van der Waals surface area contributed by atoms with E-state index < -0.39 is 0 Å². The second-order valence-corrected chi connectivity index (χ2v) is 5.60. The van der Waals surface area contributed by atoms with E-state index in [9.17, 15) is 0 Å². The zero-order valence-electron chi connectivity index (χ0n) is 12.7. The largest absolute Gasteiger partial charge is 0.370 e. The summed E-state index contributed by atoms with van der Waals surface area (Å²) in [5.41, 5.74) is 1.12.